The van der Waals surface area contributed by atoms with Crippen molar-refractivity contribution in [1.82, 2.24) is 10.2 Å². The summed E-state index contributed by atoms with van der Waals surface area (Å²) in [7, 11) is 0. The number of fused-ring (bicyclic) bond motifs is 4. The number of ketones is 1. The first kappa shape index (κ1) is 15.3. The summed E-state index contributed by atoms with van der Waals surface area (Å²) in [6, 6.07) is 4.41. The molecular weight excluding hydrogens is 340 g/mol. The first-order chi connectivity index (χ1) is 12.3. The number of benzene rings is 2. The number of carbonyl (C=O) groups excluding carboxylic acids is 1. The Kier molecular flexibility index (Phi) is 2.60. The fourth-order valence-corrected chi connectivity index (χ4v) is 4.15. The lowest BCUT2D eigenvalue weighted by Crippen LogP contribution is -2.44. The van der Waals surface area contributed by atoms with Gasteiger partial charge < -0.3 is 25.5 Å². The number of aliphatic hydroxyl groups excluding tert-OH is 2. The van der Waals surface area contributed by atoms with E-state index in [2.05, 4.69) is 10.2 Å². The van der Waals surface area contributed by atoms with Crippen molar-refractivity contribution in [3.63, 3.8) is 0 Å². The van der Waals surface area contributed by atoms with Crippen molar-refractivity contribution in [2.75, 3.05) is 0 Å². The lowest BCUT2D eigenvalue weighted by Gasteiger charge is -2.37. The third-order valence-electron chi connectivity index (χ3n) is 5.46. The van der Waals surface area contributed by atoms with Gasteiger partial charge in [-0.2, -0.15) is 5.10 Å². The van der Waals surface area contributed by atoms with Crippen LogP contribution in [0.1, 0.15) is 40.2 Å². The quantitative estimate of drug-likeness (QED) is 0.274. The molecular formula is C18H14N2O6. The summed E-state index contributed by atoms with van der Waals surface area (Å²) >= 11 is 0. The number of hydrogen-bond acceptors (Lipinski definition) is 7. The van der Waals surface area contributed by atoms with Gasteiger partial charge in [0.25, 0.3) is 0 Å². The van der Waals surface area contributed by atoms with E-state index < -0.39 is 23.6 Å². The molecule has 0 bridgehead atoms. The van der Waals surface area contributed by atoms with E-state index in [0.29, 0.717) is 0 Å². The van der Waals surface area contributed by atoms with Crippen LogP contribution >= 0.6 is 0 Å². The summed E-state index contributed by atoms with van der Waals surface area (Å²) in [4.78, 5) is 13.0. The fourth-order valence-electron chi connectivity index (χ4n) is 4.15. The number of hydrogen-bond donors (Lipinski definition) is 6. The molecule has 0 saturated heterocycles. The van der Waals surface area contributed by atoms with Crippen molar-refractivity contribution in [2.45, 2.75) is 24.7 Å². The van der Waals surface area contributed by atoms with Crippen LogP contribution in [0.4, 0.5) is 0 Å². The number of aliphatic hydroxyl groups is 3. The van der Waals surface area contributed by atoms with Crippen molar-refractivity contribution in [3.05, 3.63) is 40.6 Å². The van der Waals surface area contributed by atoms with Crippen LogP contribution in [0.2, 0.25) is 0 Å². The Hall–Kier alpha value is -2.94. The maximum absolute atomic E-state index is 13.0. The number of carbonyl (C=O) groups is 1. The lowest BCUT2D eigenvalue weighted by molar-refractivity contribution is -0.127. The molecule has 3 unspecified atom stereocenters. The van der Waals surface area contributed by atoms with Crippen LogP contribution in [-0.4, -0.2) is 47.6 Å². The Bertz CT molecular complexity index is 1150. The lowest BCUT2D eigenvalue weighted by atomic mass is 9.77. The summed E-state index contributed by atoms with van der Waals surface area (Å²) in [6.45, 7) is 1.31. The van der Waals surface area contributed by atoms with E-state index in [1.807, 2.05) is 0 Å². The van der Waals surface area contributed by atoms with E-state index in [1.54, 1.807) is 0 Å². The van der Waals surface area contributed by atoms with Crippen LogP contribution in [-0.2, 0) is 5.60 Å². The van der Waals surface area contributed by atoms with Crippen LogP contribution in [0.25, 0.3) is 22.0 Å². The highest BCUT2D eigenvalue weighted by molar-refractivity contribution is 6.27. The zero-order chi connectivity index (χ0) is 18.5. The molecule has 0 aliphatic heterocycles. The van der Waals surface area contributed by atoms with Gasteiger partial charge in [0.1, 0.15) is 29.1 Å². The Morgan fingerprint density at radius 1 is 1.15 bits per heavy atom. The third kappa shape index (κ3) is 1.46. The largest absolute Gasteiger partial charge is 0.507 e. The van der Waals surface area contributed by atoms with Crippen LogP contribution in [0.15, 0.2) is 18.2 Å². The van der Waals surface area contributed by atoms with Gasteiger partial charge in [0.2, 0.25) is 0 Å². The minimum absolute atomic E-state index is 0.00352. The van der Waals surface area contributed by atoms with Crippen molar-refractivity contribution < 1.29 is 30.3 Å². The minimum Gasteiger partial charge on any atom is -0.507 e. The maximum atomic E-state index is 13.0. The second-order valence-corrected chi connectivity index (χ2v) is 6.90. The summed E-state index contributed by atoms with van der Waals surface area (Å²) < 4.78 is 0. The zero-order valence-corrected chi connectivity index (χ0v) is 13.5. The number of rotatable bonds is 0. The molecule has 2 aliphatic rings. The van der Waals surface area contributed by atoms with Gasteiger partial charge in [0.05, 0.1) is 5.69 Å². The van der Waals surface area contributed by atoms with Gasteiger partial charge in [-0.15, -0.1) is 0 Å². The zero-order valence-electron chi connectivity index (χ0n) is 13.5. The normalized spacial score (nSPS) is 26.2. The van der Waals surface area contributed by atoms with Crippen LogP contribution in [0, 0.1) is 0 Å². The van der Waals surface area contributed by atoms with Crippen molar-refractivity contribution in [1.29, 1.82) is 0 Å². The van der Waals surface area contributed by atoms with Gasteiger partial charge >= 0.3 is 0 Å². The minimum atomic E-state index is -1.85. The molecule has 26 heavy (non-hydrogen) atoms. The Labute approximate surface area is 146 Å². The number of phenols is 2. The number of H-pyrrole nitrogens is 1. The third-order valence-corrected chi connectivity index (χ3v) is 5.46. The molecule has 0 saturated carbocycles. The van der Waals surface area contributed by atoms with Gasteiger partial charge in [0.15, 0.2) is 11.5 Å². The van der Waals surface area contributed by atoms with Crippen molar-refractivity contribution >= 4 is 16.7 Å². The summed E-state index contributed by atoms with van der Waals surface area (Å²) in [6.07, 6.45) is -3.19. The number of nitrogens with one attached hydrogen (secondary N) is 1. The smallest absolute Gasteiger partial charge is 0.194 e. The molecule has 0 fully saturated rings. The summed E-state index contributed by atoms with van der Waals surface area (Å²) in [5.41, 5.74) is -1.21. The predicted octanol–water partition coefficient (Wildman–Crippen LogP) is 0.801. The van der Waals surface area contributed by atoms with Gasteiger partial charge in [-0.1, -0.05) is 12.1 Å². The van der Waals surface area contributed by atoms with Crippen molar-refractivity contribution in [2.24, 2.45) is 0 Å². The average molecular weight is 354 g/mol. The second kappa shape index (κ2) is 4.42. The Morgan fingerprint density at radius 3 is 2.62 bits per heavy atom. The Balaban J connectivity index is 2.02. The molecule has 3 atom stereocenters. The van der Waals surface area contributed by atoms with E-state index in [0.717, 1.165) is 0 Å². The molecule has 132 valence electrons. The highest BCUT2D eigenvalue weighted by Gasteiger charge is 2.50. The molecule has 0 spiro atoms. The number of aromatic amines is 1. The SMILES string of the molecule is CC1(O)c2[nH]nc3c(O)c4c(c(c23)C(O)C1O)C(=O)c1cccc(O)c1-4. The van der Waals surface area contributed by atoms with E-state index in [4.69, 9.17) is 0 Å². The molecule has 0 radical (unpaired) electrons. The average Bonchev–Trinajstić information content (AvgIpc) is 3.16. The summed E-state index contributed by atoms with van der Waals surface area (Å²) in [5.74, 6) is -1.02. The molecule has 1 heterocycles. The van der Waals surface area contributed by atoms with Gasteiger partial charge in [-0.3, -0.25) is 9.89 Å². The molecule has 6 N–H and O–H groups in total. The number of aromatic hydroxyl groups is 2. The standard InChI is InChI=1S/C18H14N2O6/c1-18(26)16-11-10(15(24)17(18)25)9-8(14(23)12(11)19-20-16)7-5(13(9)22)3-2-4-6(7)21/h2-4,15,17,21,23-26H,1H3,(H,19,20). The second-order valence-electron chi connectivity index (χ2n) is 6.90. The van der Waals surface area contributed by atoms with E-state index in [-0.39, 0.29) is 55.9 Å². The van der Waals surface area contributed by atoms with E-state index in [1.165, 1.54) is 25.1 Å². The molecule has 2 aliphatic carbocycles. The maximum Gasteiger partial charge on any atom is 0.194 e. The first-order valence-electron chi connectivity index (χ1n) is 7.99. The fraction of sp³-hybridized carbons (Fsp3) is 0.222. The number of nitrogens with zero attached hydrogens (tertiary/aromatic N) is 1. The van der Waals surface area contributed by atoms with Gasteiger partial charge in [-0.05, 0) is 13.0 Å². The topological polar surface area (TPSA) is 147 Å². The van der Waals surface area contributed by atoms with Crippen molar-refractivity contribution in [3.8, 4) is 22.6 Å². The molecule has 2 aromatic carbocycles. The van der Waals surface area contributed by atoms with Gasteiger partial charge in [0, 0.05) is 33.2 Å². The van der Waals surface area contributed by atoms with Crippen LogP contribution in [0.3, 0.4) is 0 Å². The number of aromatic nitrogens is 2. The van der Waals surface area contributed by atoms with E-state index >= 15 is 0 Å². The van der Waals surface area contributed by atoms with E-state index in [9.17, 15) is 30.3 Å². The van der Waals surface area contributed by atoms with Gasteiger partial charge in [-0.25, -0.2) is 0 Å². The highest BCUT2D eigenvalue weighted by atomic mass is 16.4. The molecule has 5 rings (SSSR count). The monoisotopic (exact) mass is 354 g/mol. The summed E-state index contributed by atoms with van der Waals surface area (Å²) in [5, 5.41) is 59.5. The molecule has 3 aromatic rings. The Morgan fingerprint density at radius 2 is 1.88 bits per heavy atom. The first-order valence-corrected chi connectivity index (χ1v) is 7.99. The molecule has 1 aromatic heterocycles. The van der Waals surface area contributed by atoms with Crippen LogP contribution in [0.5, 0.6) is 11.5 Å². The molecule has 8 nitrogen and oxygen atoms in total. The number of phenolic OH excluding ortho intramolecular Hbond substituents is 2. The predicted molar refractivity (Wildman–Crippen MR) is 88.8 cm³/mol. The van der Waals surface area contributed by atoms with Crippen LogP contribution < -0.4 is 0 Å². The molecule has 8 heteroatoms. The molecule has 0 amide bonds. The highest BCUT2D eigenvalue weighted by Crippen LogP contribution is 2.55.